The Bertz CT molecular complexity index is 1040. The molecular formula is C22H23ClN4O2S. The number of carbonyl (C=O) groups is 2. The van der Waals surface area contributed by atoms with Crippen LogP contribution < -0.4 is 10.6 Å². The van der Waals surface area contributed by atoms with Gasteiger partial charge in [-0.2, -0.15) is 0 Å². The van der Waals surface area contributed by atoms with Crippen LogP contribution in [0.1, 0.15) is 36.2 Å². The van der Waals surface area contributed by atoms with Crippen molar-refractivity contribution >= 4 is 39.9 Å². The Morgan fingerprint density at radius 1 is 1.10 bits per heavy atom. The molecule has 0 aliphatic carbocycles. The molecule has 0 aliphatic heterocycles. The first-order valence-electron chi connectivity index (χ1n) is 9.65. The van der Waals surface area contributed by atoms with Crippen molar-refractivity contribution in [2.24, 2.45) is 5.92 Å². The standard InChI is InChI=1S/C22H23ClN4O2S/c1-4-13(2)18(24-19(28)17-8-6-5-7-14(17)3)20(29)25-22-27-26-21(30-22)15-9-11-16(23)12-10-15/h5-13,18H,4H2,1-3H3,(H,24,28)(H,25,27,29). The predicted octanol–water partition coefficient (Wildman–Crippen LogP) is 4.95. The van der Waals surface area contributed by atoms with E-state index in [1.54, 1.807) is 24.3 Å². The molecule has 30 heavy (non-hydrogen) atoms. The zero-order chi connectivity index (χ0) is 21.7. The molecule has 0 fully saturated rings. The lowest BCUT2D eigenvalue weighted by atomic mass is 9.97. The summed E-state index contributed by atoms with van der Waals surface area (Å²) in [5, 5.41) is 15.6. The van der Waals surface area contributed by atoms with Crippen LogP contribution in [-0.4, -0.2) is 28.1 Å². The van der Waals surface area contributed by atoms with Crippen molar-refractivity contribution in [3.05, 3.63) is 64.7 Å². The van der Waals surface area contributed by atoms with Gasteiger partial charge in [-0.25, -0.2) is 0 Å². The van der Waals surface area contributed by atoms with Crippen LogP contribution in [0.25, 0.3) is 10.6 Å². The highest BCUT2D eigenvalue weighted by atomic mass is 35.5. The van der Waals surface area contributed by atoms with Crippen LogP contribution in [-0.2, 0) is 4.79 Å². The molecule has 0 radical (unpaired) electrons. The Labute approximate surface area is 184 Å². The number of halogens is 1. The van der Waals surface area contributed by atoms with Gasteiger partial charge in [0, 0.05) is 16.1 Å². The van der Waals surface area contributed by atoms with Crippen molar-refractivity contribution in [3.8, 4) is 10.6 Å². The largest absolute Gasteiger partial charge is 0.340 e. The van der Waals surface area contributed by atoms with Gasteiger partial charge >= 0.3 is 0 Å². The minimum absolute atomic E-state index is 0.0541. The third-order valence-corrected chi connectivity index (χ3v) is 6.06. The van der Waals surface area contributed by atoms with Gasteiger partial charge in [0.25, 0.3) is 5.91 Å². The lowest BCUT2D eigenvalue weighted by Crippen LogP contribution is -2.47. The average Bonchev–Trinajstić information content (AvgIpc) is 3.20. The lowest BCUT2D eigenvalue weighted by Gasteiger charge is -2.23. The van der Waals surface area contributed by atoms with Gasteiger partial charge in [0.05, 0.1) is 0 Å². The number of benzene rings is 2. The van der Waals surface area contributed by atoms with E-state index in [0.29, 0.717) is 20.7 Å². The normalized spacial score (nSPS) is 12.8. The molecule has 0 aliphatic rings. The van der Waals surface area contributed by atoms with Crippen molar-refractivity contribution in [2.45, 2.75) is 33.2 Å². The number of hydrogen-bond acceptors (Lipinski definition) is 5. The summed E-state index contributed by atoms with van der Waals surface area (Å²) in [7, 11) is 0. The lowest BCUT2D eigenvalue weighted by molar-refractivity contribution is -0.119. The molecule has 0 saturated carbocycles. The summed E-state index contributed by atoms with van der Waals surface area (Å²) in [5.41, 5.74) is 2.28. The van der Waals surface area contributed by atoms with Gasteiger partial charge in [0.1, 0.15) is 11.0 Å². The number of nitrogens with zero attached hydrogens (tertiary/aromatic N) is 2. The molecule has 0 saturated heterocycles. The van der Waals surface area contributed by atoms with Crippen molar-refractivity contribution in [1.82, 2.24) is 15.5 Å². The van der Waals surface area contributed by atoms with Gasteiger partial charge in [0.2, 0.25) is 11.0 Å². The van der Waals surface area contributed by atoms with Crippen LogP contribution in [0.2, 0.25) is 5.02 Å². The first-order valence-corrected chi connectivity index (χ1v) is 10.8. The first kappa shape index (κ1) is 21.9. The number of carbonyl (C=O) groups excluding carboxylic acids is 2. The van der Waals surface area contributed by atoms with Crippen LogP contribution in [0.15, 0.2) is 48.5 Å². The second kappa shape index (κ2) is 9.82. The Hall–Kier alpha value is -2.77. The summed E-state index contributed by atoms with van der Waals surface area (Å²) < 4.78 is 0. The second-order valence-corrected chi connectivity index (χ2v) is 8.47. The molecule has 156 valence electrons. The van der Waals surface area contributed by atoms with Gasteiger partial charge < -0.3 is 5.32 Å². The Morgan fingerprint density at radius 3 is 2.47 bits per heavy atom. The van der Waals surface area contributed by atoms with E-state index in [-0.39, 0.29) is 17.7 Å². The van der Waals surface area contributed by atoms with Crippen molar-refractivity contribution < 1.29 is 9.59 Å². The third-order valence-electron chi connectivity index (χ3n) is 4.92. The summed E-state index contributed by atoms with van der Waals surface area (Å²) in [6.45, 7) is 5.78. The van der Waals surface area contributed by atoms with Crippen LogP contribution in [0.4, 0.5) is 5.13 Å². The van der Waals surface area contributed by atoms with Crippen LogP contribution in [0.3, 0.4) is 0 Å². The van der Waals surface area contributed by atoms with E-state index in [2.05, 4.69) is 20.8 Å². The minimum Gasteiger partial charge on any atom is -0.340 e. The number of amides is 2. The smallest absolute Gasteiger partial charge is 0.252 e. The van der Waals surface area contributed by atoms with E-state index in [1.807, 2.05) is 45.0 Å². The second-order valence-electron chi connectivity index (χ2n) is 7.06. The topological polar surface area (TPSA) is 84.0 Å². The highest BCUT2D eigenvalue weighted by Crippen LogP contribution is 2.27. The SMILES string of the molecule is CCC(C)C(NC(=O)c1ccccc1C)C(=O)Nc1nnc(-c2ccc(Cl)cc2)s1. The van der Waals surface area contributed by atoms with E-state index >= 15 is 0 Å². The van der Waals surface area contributed by atoms with E-state index in [9.17, 15) is 9.59 Å². The van der Waals surface area contributed by atoms with Gasteiger partial charge in [0.15, 0.2) is 0 Å². The Balaban J connectivity index is 1.74. The monoisotopic (exact) mass is 442 g/mol. The molecule has 1 aromatic heterocycles. The van der Waals surface area contributed by atoms with Crippen LogP contribution >= 0.6 is 22.9 Å². The van der Waals surface area contributed by atoms with E-state index in [0.717, 1.165) is 17.5 Å². The molecule has 2 aromatic carbocycles. The number of nitrogens with one attached hydrogen (secondary N) is 2. The molecule has 3 rings (SSSR count). The molecule has 8 heteroatoms. The number of hydrogen-bond donors (Lipinski definition) is 2. The quantitative estimate of drug-likeness (QED) is 0.542. The maximum atomic E-state index is 13.0. The highest BCUT2D eigenvalue weighted by Gasteiger charge is 2.27. The molecule has 6 nitrogen and oxygen atoms in total. The van der Waals surface area contributed by atoms with Crippen LogP contribution in [0.5, 0.6) is 0 Å². The number of aryl methyl sites for hydroxylation is 1. The van der Waals surface area contributed by atoms with Crippen LogP contribution in [0, 0.1) is 12.8 Å². The first-order chi connectivity index (χ1) is 14.4. The zero-order valence-electron chi connectivity index (χ0n) is 17.0. The molecule has 1 heterocycles. The zero-order valence-corrected chi connectivity index (χ0v) is 18.6. The summed E-state index contributed by atoms with van der Waals surface area (Å²) in [4.78, 5) is 25.7. The van der Waals surface area contributed by atoms with Crippen molar-refractivity contribution in [1.29, 1.82) is 0 Å². The van der Waals surface area contributed by atoms with Gasteiger partial charge in [-0.05, 0) is 36.6 Å². The van der Waals surface area contributed by atoms with Gasteiger partial charge in [-0.15, -0.1) is 10.2 Å². The Morgan fingerprint density at radius 2 is 1.80 bits per heavy atom. The summed E-state index contributed by atoms with van der Waals surface area (Å²) in [6, 6.07) is 13.8. The van der Waals surface area contributed by atoms with E-state index < -0.39 is 6.04 Å². The predicted molar refractivity (Wildman–Crippen MR) is 121 cm³/mol. The molecule has 0 spiro atoms. The maximum absolute atomic E-state index is 13.0. The van der Waals surface area contributed by atoms with E-state index in [1.165, 1.54) is 11.3 Å². The maximum Gasteiger partial charge on any atom is 0.252 e. The third kappa shape index (κ3) is 5.23. The van der Waals surface area contributed by atoms with Gasteiger partial charge in [-0.1, -0.05) is 73.5 Å². The number of aromatic nitrogens is 2. The van der Waals surface area contributed by atoms with Crippen molar-refractivity contribution in [3.63, 3.8) is 0 Å². The average molecular weight is 443 g/mol. The molecule has 2 unspecified atom stereocenters. The van der Waals surface area contributed by atoms with Crippen molar-refractivity contribution in [2.75, 3.05) is 5.32 Å². The molecular weight excluding hydrogens is 420 g/mol. The summed E-state index contributed by atoms with van der Waals surface area (Å²) in [5.74, 6) is -0.639. The minimum atomic E-state index is -0.690. The molecule has 2 amide bonds. The summed E-state index contributed by atoms with van der Waals surface area (Å²) >= 11 is 7.19. The fourth-order valence-corrected chi connectivity index (χ4v) is 3.79. The summed E-state index contributed by atoms with van der Waals surface area (Å²) in [6.07, 6.45) is 0.734. The molecule has 2 N–H and O–H groups in total. The number of rotatable bonds is 7. The highest BCUT2D eigenvalue weighted by molar-refractivity contribution is 7.18. The molecule has 3 aromatic rings. The molecule has 2 atom stereocenters. The molecule has 0 bridgehead atoms. The Kier molecular flexibility index (Phi) is 7.18. The van der Waals surface area contributed by atoms with Gasteiger partial charge in [-0.3, -0.25) is 14.9 Å². The number of anilines is 1. The fourth-order valence-electron chi connectivity index (χ4n) is 2.91. The van der Waals surface area contributed by atoms with E-state index in [4.69, 9.17) is 11.6 Å². The fraction of sp³-hybridized carbons (Fsp3) is 0.273.